The largest absolute Gasteiger partial charge is 0.289 e. The maximum Gasteiger partial charge on any atom is 0.194 e. The van der Waals surface area contributed by atoms with E-state index in [1.807, 2.05) is 61.7 Å². The second-order valence-electron chi connectivity index (χ2n) is 3.84. The van der Waals surface area contributed by atoms with Crippen LogP contribution in [-0.4, -0.2) is 12.0 Å². The van der Waals surface area contributed by atoms with E-state index >= 15 is 0 Å². The number of hydrogen-bond donors (Lipinski definition) is 0. The third-order valence-corrected chi connectivity index (χ3v) is 3.54. The molecule has 0 unspecified atom stereocenters. The zero-order valence-electron chi connectivity index (χ0n) is 9.94. The molecule has 0 spiro atoms. The highest BCUT2D eigenvalue weighted by Gasteiger charge is 2.14. The Morgan fingerprint density at radius 2 is 1.53 bits per heavy atom. The first-order chi connectivity index (χ1) is 8.24. The standard InChI is InChI=1S/C15H14OS/c1-11-7-3-4-8-12(11)15(16)13-9-5-6-10-14(13)17-2/h3-10H,1-2H3. The normalized spacial score (nSPS) is 10.2. The Bertz CT molecular complexity index is 546. The smallest absolute Gasteiger partial charge is 0.194 e. The zero-order chi connectivity index (χ0) is 12.3. The summed E-state index contributed by atoms with van der Waals surface area (Å²) in [6.45, 7) is 1.97. The van der Waals surface area contributed by atoms with E-state index in [1.54, 1.807) is 11.8 Å². The fourth-order valence-electron chi connectivity index (χ4n) is 1.80. The van der Waals surface area contributed by atoms with Crippen molar-refractivity contribution in [3.63, 3.8) is 0 Å². The van der Waals surface area contributed by atoms with Gasteiger partial charge in [-0.05, 0) is 30.9 Å². The van der Waals surface area contributed by atoms with Crippen LogP contribution in [0.5, 0.6) is 0 Å². The van der Waals surface area contributed by atoms with Gasteiger partial charge in [0.25, 0.3) is 0 Å². The summed E-state index contributed by atoms with van der Waals surface area (Å²) in [4.78, 5) is 13.5. The SMILES string of the molecule is CSc1ccccc1C(=O)c1ccccc1C. The lowest BCUT2D eigenvalue weighted by atomic mass is 9.99. The van der Waals surface area contributed by atoms with Crippen LogP contribution in [0.25, 0.3) is 0 Å². The van der Waals surface area contributed by atoms with Gasteiger partial charge in [0.15, 0.2) is 5.78 Å². The molecule has 0 atom stereocenters. The van der Waals surface area contributed by atoms with Crippen molar-refractivity contribution in [1.82, 2.24) is 0 Å². The zero-order valence-corrected chi connectivity index (χ0v) is 10.8. The molecule has 86 valence electrons. The molecule has 0 aliphatic heterocycles. The molecule has 2 aromatic rings. The molecule has 0 fully saturated rings. The van der Waals surface area contributed by atoms with Gasteiger partial charge in [-0.15, -0.1) is 11.8 Å². The predicted octanol–water partition coefficient (Wildman–Crippen LogP) is 3.95. The van der Waals surface area contributed by atoms with Gasteiger partial charge in [-0.2, -0.15) is 0 Å². The van der Waals surface area contributed by atoms with E-state index < -0.39 is 0 Å². The fraction of sp³-hybridized carbons (Fsp3) is 0.133. The van der Waals surface area contributed by atoms with Crippen LogP contribution < -0.4 is 0 Å². The van der Waals surface area contributed by atoms with Crippen LogP contribution in [0.4, 0.5) is 0 Å². The molecule has 2 heteroatoms. The van der Waals surface area contributed by atoms with Gasteiger partial charge in [-0.1, -0.05) is 36.4 Å². The monoisotopic (exact) mass is 242 g/mol. The van der Waals surface area contributed by atoms with Gasteiger partial charge >= 0.3 is 0 Å². The number of benzene rings is 2. The third-order valence-electron chi connectivity index (χ3n) is 2.74. The summed E-state index contributed by atoms with van der Waals surface area (Å²) in [5.41, 5.74) is 2.59. The van der Waals surface area contributed by atoms with Crippen LogP contribution in [0.2, 0.25) is 0 Å². The first-order valence-electron chi connectivity index (χ1n) is 5.47. The molecule has 2 rings (SSSR count). The maximum absolute atomic E-state index is 12.4. The molecule has 0 aliphatic carbocycles. The van der Waals surface area contributed by atoms with Crippen molar-refractivity contribution in [2.24, 2.45) is 0 Å². The lowest BCUT2D eigenvalue weighted by Gasteiger charge is -2.08. The molecule has 0 radical (unpaired) electrons. The number of carbonyl (C=O) groups excluding carboxylic acids is 1. The van der Waals surface area contributed by atoms with Crippen molar-refractivity contribution < 1.29 is 4.79 Å². The van der Waals surface area contributed by atoms with Crippen molar-refractivity contribution >= 4 is 17.5 Å². The van der Waals surface area contributed by atoms with Gasteiger partial charge in [0.1, 0.15) is 0 Å². The molecule has 17 heavy (non-hydrogen) atoms. The Morgan fingerprint density at radius 1 is 0.941 bits per heavy atom. The molecular formula is C15H14OS. The average molecular weight is 242 g/mol. The van der Waals surface area contributed by atoms with Gasteiger partial charge in [0.05, 0.1) is 0 Å². The van der Waals surface area contributed by atoms with Crippen LogP contribution >= 0.6 is 11.8 Å². The number of rotatable bonds is 3. The second kappa shape index (κ2) is 5.19. The van der Waals surface area contributed by atoms with E-state index in [0.29, 0.717) is 0 Å². The van der Waals surface area contributed by atoms with Crippen molar-refractivity contribution in [2.75, 3.05) is 6.26 Å². The van der Waals surface area contributed by atoms with Crippen LogP contribution in [0, 0.1) is 6.92 Å². The summed E-state index contributed by atoms with van der Waals surface area (Å²) in [5.74, 6) is 0.105. The Morgan fingerprint density at radius 3 is 2.18 bits per heavy atom. The van der Waals surface area contributed by atoms with Crippen molar-refractivity contribution in [3.8, 4) is 0 Å². The number of carbonyl (C=O) groups is 1. The van der Waals surface area contributed by atoms with Gasteiger partial charge in [-0.25, -0.2) is 0 Å². The van der Waals surface area contributed by atoms with E-state index in [0.717, 1.165) is 21.6 Å². The average Bonchev–Trinajstić information content (AvgIpc) is 2.38. The molecule has 1 nitrogen and oxygen atoms in total. The first kappa shape index (κ1) is 11.9. The number of thioether (sulfide) groups is 1. The topological polar surface area (TPSA) is 17.1 Å². The maximum atomic E-state index is 12.4. The lowest BCUT2D eigenvalue weighted by Crippen LogP contribution is -2.04. The van der Waals surface area contributed by atoms with Crippen LogP contribution in [-0.2, 0) is 0 Å². The number of hydrogen-bond acceptors (Lipinski definition) is 2. The molecule has 0 saturated heterocycles. The molecule has 0 heterocycles. The summed E-state index contributed by atoms with van der Waals surface area (Å²) in [6, 6.07) is 15.4. The van der Waals surface area contributed by atoms with Crippen LogP contribution in [0.1, 0.15) is 21.5 Å². The summed E-state index contributed by atoms with van der Waals surface area (Å²) in [6.07, 6.45) is 1.99. The second-order valence-corrected chi connectivity index (χ2v) is 4.69. The highest BCUT2D eigenvalue weighted by Crippen LogP contribution is 2.23. The number of ketones is 1. The van der Waals surface area contributed by atoms with E-state index in [2.05, 4.69) is 0 Å². The first-order valence-corrected chi connectivity index (χ1v) is 6.70. The highest BCUT2D eigenvalue weighted by molar-refractivity contribution is 7.98. The predicted molar refractivity (Wildman–Crippen MR) is 72.8 cm³/mol. The molecule has 0 aliphatic rings. The van der Waals surface area contributed by atoms with Gasteiger partial charge in [0, 0.05) is 16.0 Å². The van der Waals surface area contributed by atoms with Gasteiger partial charge in [-0.3, -0.25) is 4.79 Å². The third kappa shape index (κ3) is 2.42. The molecule has 0 N–H and O–H groups in total. The van der Waals surface area contributed by atoms with E-state index in [-0.39, 0.29) is 5.78 Å². The Balaban J connectivity index is 2.48. The molecule has 0 aromatic heterocycles. The molecule has 0 saturated carbocycles. The number of aryl methyl sites for hydroxylation is 1. The molecular weight excluding hydrogens is 228 g/mol. The molecule has 0 amide bonds. The fourth-order valence-corrected chi connectivity index (χ4v) is 2.40. The lowest BCUT2D eigenvalue weighted by molar-refractivity contribution is 0.103. The van der Waals surface area contributed by atoms with Crippen molar-refractivity contribution in [2.45, 2.75) is 11.8 Å². The summed E-state index contributed by atoms with van der Waals surface area (Å²) in [7, 11) is 0. The van der Waals surface area contributed by atoms with Gasteiger partial charge < -0.3 is 0 Å². The minimum absolute atomic E-state index is 0.105. The van der Waals surface area contributed by atoms with Crippen LogP contribution in [0.3, 0.4) is 0 Å². The summed E-state index contributed by atoms with van der Waals surface area (Å²) in [5, 5.41) is 0. The van der Waals surface area contributed by atoms with Gasteiger partial charge in [0.2, 0.25) is 0 Å². The minimum atomic E-state index is 0.105. The molecule has 0 bridgehead atoms. The van der Waals surface area contributed by atoms with Crippen LogP contribution in [0.15, 0.2) is 53.4 Å². The Hall–Kier alpha value is -1.54. The Labute approximate surface area is 106 Å². The molecule has 2 aromatic carbocycles. The highest BCUT2D eigenvalue weighted by atomic mass is 32.2. The van der Waals surface area contributed by atoms with E-state index in [4.69, 9.17) is 0 Å². The van der Waals surface area contributed by atoms with E-state index in [1.165, 1.54) is 0 Å². The quantitative estimate of drug-likeness (QED) is 0.599. The van der Waals surface area contributed by atoms with Crippen molar-refractivity contribution in [3.05, 3.63) is 65.2 Å². The summed E-state index contributed by atoms with van der Waals surface area (Å²) >= 11 is 1.60. The summed E-state index contributed by atoms with van der Waals surface area (Å²) < 4.78 is 0. The minimum Gasteiger partial charge on any atom is -0.289 e. The van der Waals surface area contributed by atoms with E-state index in [9.17, 15) is 4.79 Å². The Kier molecular flexibility index (Phi) is 3.64. The van der Waals surface area contributed by atoms with Crippen molar-refractivity contribution in [1.29, 1.82) is 0 Å².